The molecular weight excluding hydrogens is 272 g/mol. The fourth-order valence-electron chi connectivity index (χ4n) is 1.99. The predicted molar refractivity (Wildman–Crippen MR) is 80.8 cm³/mol. The van der Waals surface area contributed by atoms with Crippen LogP contribution >= 0.6 is 0 Å². The van der Waals surface area contributed by atoms with Crippen molar-refractivity contribution in [2.75, 3.05) is 21.3 Å². The second-order valence-corrected chi connectivity index (χ2v) is 4.63. The minimum absolute atomic E-state index is 0.173. The number of hydrogen-bond acceptors (Lipinski definition) is 5. The van der Waals surface area contributed by atoms with Crippen LogP contribution < -0.4 is 25.3 Å². The average molecular weight is 296 g/mol. The zero-order chi connectivity index (χ0) is 15.8. The number of nitrogens with two attached hydrogens (primary N) is 1. The second kappa shape index (κ2) is 8.36. The fourth-order valence-corrected chi connectivity index (χ4v) is 1.99. The summed E-state index contributed by atoms with van der Waals surface area (Å²) < 4.78 is 15.8. The SMILES string of the molecule is CCC[C@@H](N)C(=O)NCc1cc(OC)c(OC)cc1OC. The molecule has 1 aromatic carbocycles. The molecule has 1 amide bonds. The molecule has 0 fully saturated rings. The fraction of sp³-hybridized carbons (Fsp3) is 0.533. The number of carbonyl (C=O) groups excluding carboxylic acids is 1. The van der Waals surface area contributed by atoms with E-state index in [2.05, 4.69) is 5.32 Å². The Hall–Kier alpha value is -1.95. The van der Waals surface area contributed by atoms with Gasteiger partial charge in [-0.1, -0.05) is 13.3 Å². The summed E-state index contributed by atoms with van der Waals surface area (Å²) in [6.07, 6.45) is 1.53. The summed E-state index contributed by atoms with van der Waals surface area (Å²) in [5.74, 6) is 1.61. The van der Waals surface area contributed by atoms with Crippen molar-refractivity contribution in [1.29, 1.82) is 0 Å². The van der Waals surface area contributed by atoms with E-state index < -0.39 is 6.04 Å². The second-order valence-electron chi connectivity index (χ2n) is 4.63. The lowest BCUT2D eigenvalue weighted by atomic mass is 10.1. The van der Waals surface area contributed by atoms with Crippen molar-refractivity contribution in [1.82, 2.24) is 5.32 Å². The van der Waals surface area contributed by atoms with Gasteiger partial charge in [-0.15, -0.1) is 0 Å². The molecule has 118 valence electrons. The number of ether oxygens (including phenoxy) is 3. The third kappa shape index (κ3) is 4.53. The minimum atomic E-state index is -0.485. The topological polar surface area (TPSA) is 82.8 Å². The molecular formula is C15H24N2O4. The molecule has 0 radical (unpaired) electrons. The van der Waals surface area contributed by atoms with Crippen molar-refractivity contribution in [3.05, 3.63) is 17.7 Å². The normalized spacial score (nSPS) is 11.7. The maximum absolute atomic E-state index is 11.9. The maximum Gasteiger partial charge on any atom is 0.237 e. The van der Waals surface area contributed by atoms with E-state index in [0.29, 0.717) is 30.2 Å². The molecule has 0 aliphatic rings. The van der Waals surface area contributed by atoms with Crippen molar-refractivity contribution < 1.29 is 19.0 Å². The van der Waals surface area contributed by atoms with Crippen LogP contribution in [0.3, 0.4) is 0 Å². The number of rotatable bonds is 8. The highest BCUT2D eigenvalue weighted by Crippen LogP contribution is 2.34. The van der Waals surface area contributed by atoms with E-state index in [1.54, 1.807) is 33.5 Å². The van der Waals surface area contributed by atoms with Gasteiger partial charge in [0.25, 0.3) is 0 Å². The highest BCUT2D eigenvalue weighted by atomic mass is 16.5. The molecule has 0 aliphatic carbocycles. The van der Waals surface area contributed by atoms with Crippen molar-refractivity contribution >= 4 is 5.91 Å². The first-order chi connectivity index (χ1) is 10.1. The lowest BCUT2D eigenvalue weighted by molar-refractivity contribution is -0.122. The highest BCUT2D eigenvalue weighted by molar-refractivity contribution is 5.81. The van der Waals surface area contributed by atoms with Crippen molar-refractivity contribution in [3.63, 3.8) is 0 Å². The first kappa shape index (κ1) is 17.1. The van der Waals surface area contributed by atoms with Crippen molar-refractivity contribution in [3.8, 4) is 17.2 Å². The van der Waals surface area contributed by atoms with E-state index in [1.165, 1.54) is 0 Å². The first-order valence-electron chi connectivity index (χ1n) is 6.89. The Bertz CT molecular complexity index is 477. The third-order valence-electron chi connectivity index (χ3n) is 3.18. The summed E-state index contributed by atoms with van der Waals surface area (Å²) in [6.45, 7) is 2.31. The molecule has 0 saturated carbocycles. The summed E-state index contributed by atoms with van der Waals surface area (Å²) in [5, 5.41) is 2.81. The molecule has 1 aromatic rings. The smallest absolute Gasteiger partial charge is 0.237 e. The standard InChI is InChI=1S/C15H24N2O4/c1-5-6-11(16)15(18)17-9-10-7-13(20-3)14(21-4)8-12(10)19-2/h7-8,11H,5-6,9,16H2,1-4H3,(H,17,18)/t11-/m1/s1. The van der Waals surface area contributed by atoms with Gasteiger partial charge in [-0.3, -0.25) is 4.79 Å². The molecule has 6 heteroatoms. The van der Waals surface area contributed by atoms with Crippen LogP contribution in [-0.4, -0.2) is 33.3 Å². The molecule has 0 unspecified atom stereocenters. The van der Waals surface area contributed by atoms with Crippen LogP contribution in [-0.2, 0) is 11.3 Å². The van der Waals surface area contributed by atoms with Crippen LogP contribution in [0.15, 0.2) is 12.1 Å². The molecule has 0 saturated heterocycles. The van der Waals surface area contributed by atoms with E-state index in [-0.39, 0.29) is 5.91 Å². The Labute approximate surface area is 125 Å². The van der Waals surface area contributed by atoms with Crippen LogP contribution in [0.1, 0.15) is 25.3 Å². The predicted octanol–water partition coefficient (Wildman–Crippen LogP) is 1.46. The van der Waals surface area contributed by atoms with E-state index in [1.807, 2.05) is 6.92 Å². The molecule has 0 aromatic heterocycles. The van der Waals surface area contributed by atoms with Crippen LogP contribution in [0, 0.1) is 0 Å². The number of amides is 1. The van der Waals surface area contributed by atoms with Crippen LogP contribution in [0.25, 0.3) is 0 Å². The molecule has 1 atom stereocenters. The number of methoxy groups -OCH3 is 3. The zero-order valence-electron chi connectivity index (χ0n) is 13.1. The number of carbonyl (C=O) groups is 1. The lowest BCUT2D eigenvalue weighted by Gasteiger charge is -2.16. The summed E-state index contributed by atoms with van der Waals surface area (Å²) >= 11 is 0. The Morgan fingerprint density at radius 3 is 2.24 bits per heavy atom. The third-order valence-corrected chi connectivity index (χ3v) is 3.18. The zero-order valence-corrected chi connectivity index (χ0v) is 13.1. The molecule has 0 spiro atoms. The van der Waals surface area contributed by atoms with E-state index in [4.69, 9.17) is 19.9 Å². The molecule has 0 aliphatic heterocycles. The molecule has 0 heterocycles. The lowest BCUT2D eigenvalue weighted by Crippen LogP contribution is -2.40. The number of hydrogen-bond donors (Lipinski definition) is 2. The largest absolute Gasteiger partial charge is 0.496 e. The summed E-state index contributed by atoms with van der Waals surface area (Å²) in [4.78, 5) is 11.9. The van der Waals surface area contributed by atoms with Crippen LogP contribution in [0.2, 0.25) is 0 Å². The van der Waals surface area contributed by atoms with Gasteiger partial charge in [0.2, 0.25) is 5.91 Å². The number of nitrogens with one attached hydrogen (secondary N) is 1. The van der Waals surface area contributed by atoms with Gasteiger partial charge in [-0.05, 0) is 12.5 Å². The Balaban J connectivity index is 2.84. The van der Waals surface area contributed by atoms with Crippen molar-refractivity contribution in [2.45, 2.75) is 32.4 Å². The summed E-state index contributed by atoms with van der Waals surface area (Å²) in [5.41, 5.74) is 6.57. The van der Waals surface area contributed by atoms with Gasteiger partial charge in [0.1, 0.15) is 5.75 Å². The van der Waals surface area contributed by atoms with Gasteiger partial charge in [0, 0.05) is 18.2 Å². The van der Waals surface area contributed by atoms with Gasteiger partial charge < -0.3 is 25.3 Å². The molecule has 3 N–H and O–H groups in total. The maximum atomic E-state index is 11.9. The molecule has 6 nitrogen and oxygen atoms in total. The van der Waals surface area contributed by atoms with Crippen molar-refractivity contribution in [2.24, 2.45) is 5.73 Å². The quantitative estimate of drug-likeness (QED) is 0.759. The molecule has 1 rings (SSSR count). The first-order valence-corrected chi connectivity index (χ1v) is 6.89. The Morgan fingerprint density at radius 2 is 1.71 bits per heavy atom. The minimum Gasteiger partial charge on any atom is -0.496 e. The average Bonchev–Trinajstić information content (AvgIpc) is 2.51. The van der Waals surface area contributed by atoms with Gasteiger partial charge >= 0.3 is 0 Å². The summed E-state index contributed by atoms with van der Waals surface area (Å²) in [7, 11) is 4.68. The van der Waals surface area contributed by atoms with Gasteiger partial charge in [0.05, 0.1) is 27.4 Å². The Morgan fingerprint density at radius 1 is 1.14 bits per heavy atom. The highest BCUT2D eigenvalue weighted by Gasteiger charge is 2.15. The van der Waals surface area contributed by atoms with Gasteiger partial charge in [0.15, 0.2) is 11.5 Å². The van der Waals surface area contributed by atoms with Gasteiger partial charge in [-0.2, -0.15) is 0 Å². The Kier molecular flexibility index (Phi) is 6.81. The van der Waals surface area contributed by atoms with E-state index in [0.717, 1.165) is 12.0 Å². The monoisotopic (exact) mass is 296 g/mol. The molecule has 0 bridgehead atoms. The van der Waals surface area contributed by atoms with E-state index >= 15 is 0 Å². The van der Waals surface area contributed by atoms with Crippen LogP contribution in [0.4, 0.5) is 0 Å². The van der Waals surface area contributed by atoms with Gasteiger partial charge in [-0.25, -0.2) is 0 Å². The summed E-state index contributed by atoms with van der Waals surface area (Å²) in [6, 6.07) is 3.02. The van der Waals surface area contributed by atoms with Crippen LogP contribution in [0.5, 0.6) is 17.2 Å². The molecule has 21 heavy (non-hydrogen) atoms. The number of benzene rings is 1. The van der Waals surface area contributed by atoms with E-state index in [9.17, 15) is 4.79 Å².